The first-order valence-electron chi connectivity index (χ1n) is 8.40. The fraction of sp³-hybridized carbons (Fsp3) is 0. The summed E-state index contributed by atoms with van der Waals surface area (Å²) in [5, 5.41) is 1.82. The van der Waals surface area contributed by atoms with Crippen LogP contribution in [0.3, 0.4) is 0 Å². The van der Waals surface area contributed by atoms with Crippen LogP contribution in [0.2, 0.25) is 0 Å². The lowest BCUT2D eigenvalue weighted by atomic mass is 9.81. The molecule has 0 fully saturated rings. The third-order valence-electron chi connectivity index (χ3n) is 4.57. The zero-order valence-electron chi connectivity index (χ0n) is 14.4. The number of amides is 1. The van der Waals surface area contributed by atoms with Crippen LogP contribution >= 0.6 is 11.6 Å². The molecule has 3 aromatic rings. The van der Waals surface area contributed by atoms with E-state index in [4.69, 9.17) is 11.6 Å². The molecule has 0 saturated heterocycles. The van der Waals surface area contributed by atoms with Crippen molar-refractivity contribution in [2.45, 2.75) is 0 Å². The molecule has 0 saturated carbocycles. The second-order valence-corrected chi connectivity index (χ2v) is 6.55. The van der Waals surface area contributed by atoms with E-state index in [1.165, 1.54) is 24.3 Å². The van der Waals surface area contributed by atoms with Crippen molar-refractivity contribution in [2.75, 3.05) is 5.32 Å². The van der Waals surface area contributed by atoms with Crippen LogP contribution < -0.4 is 5.32 Å². The standard InChI is InChI=1S/C22H12ClNO4/c23-21(27)15-10-11-16(24-22(28)12-6-2-1-3-7-12)18-17(15)19(25)13-8-4-5-9-14(13)20(18)26/h1-11H,(H,24,28). The molecule has 4 rings (SSSR count). The van der Waals surface area contributed by atoms with Crippen LogP contribution in [0.5, 0.6) is 0 Å². The van der Waals surface area contributed by atoms with Crippen molar-refractivity contribution in [1.29, 1.82) is 0 Å². The van der Waals surface area contributed by atoms with E-state index in [2.05, 4.69) is 5.32 Å². The second-order valence-electron chi connectivity index (χ2n) is 6.21. The van der Waals surface area contributed by atoms with Gasteiger partial charge < -0.3 is 5.32 Å². The molecule has 1 N–H and O–H groups in total. The maximum absolute atomic E-state index is 13.1. The molecule has 1 aliphatic carbocycles. The van der Waals surface area contributed by atoms with Gasteiger partial charge in [-0.15, -0.1) is 0 Å². The Labute approximate surface area is 164 Å². The molecule has 0 aliphatic heterocycles. The Morgan fingerprint density at radius 3 is 1.89 bits per heavy atom. The van der Waals surface area contributed by atoms with E-state index in [0.717, 1.165) is 0 Å². The van der Waals surface area contributed by atoms with E-state index in [-0.39, 0.29) is 33.5 Å². The molecule has 0 unspecified atom stereocenters. The molecule has 1 amide bonds. The number of carbonyl (C=O) groups is 4. The quantitative estimate of drug-likeness (QED) is 0.535. The summed E-state index contributed by atoms with van der Waals surface area (Å²) in [4.78, 5) is 50.5. The number of ketones is 2. The average Bonchev–Trinajstić information content (AvgIpc) is 2.72. The van der Waals surface area contributed by atoms with E-state index in [9.17, 15) is 19.2 Å². The van der Waals surface area contributed by atoms with Crippen LogP contribution in [0.15, 0.2) is 66.7 Å². The van der Waals surface area contributed by atoms with Crippen molar-refractivity contribution >= 4 is 40.0 Å². The topological polar surface area (TPSA) is 80.3 Å². The molecule has 1 aliphatic rings. The predicted octanol–water partition coefficient (Wildman–Crippen LogP) is 4.09. The smallest absolute Gasteiger partial charge is 0.255 e. The number of hydrogen-bond donors (Lipinski definition) is 1. The van der Waals surface area contributed by atoms with Gasteiger partial charge in [0.1, 0.15) is 0 Å². The Morgan fingerprint density at radius 1 is 0.714 bits per heavy atom. The molecule has 0 bridgehead atoms. The summed E-state index contributed by atoms with van der Waals surface area (Å²) in [7, 11) is 0. The van der Waals surface area contributed by atoms with E-state index < -0.39 is 22.7 Å². The Bertz CT molecular complexity index is 1170. The fourth-order valence-corrected chi connectivity index (χ4v) is 3.43. The molecule has 0 heterocycles. The van der Waals surface area contributed by atoms with Crippen molar-refractivity contribution in [1.82, 2.24) is 0 Å². The highest BCUT2D eigenvalue weighted by molar-refractivity contribution is 6.68. The lowest BCUT2D eigenvalue weighted by Gasteiger charge is -2.22. The van der Waals surface area contributed by atoms with Crippen molar-refractivity contribution in [3.05, 3.63) is 100 Å². The minimum absolute atomic E-state index is 0.0283. The third-order valence-corrected chi connectivity index (χ3v) is 4.78. The van der Waals surface area contributed by atoms with Crippen LogP contribution in [0.4, 0.5) is 5.69 Å². The third kappa shape index (κ3) is 2.82. The van der Waals surface area contributed by atoms with Gasteiger partial charge >= 0.3 is 0 Å². The number of nitrogens with one attached hydrogen (secondary N) is 1. The second kappa shape index (κ2) is 6.87. The van der Waals surface area contributed by atoms with Gasteiger partial charge in [0.2, 0.25) is 0 Å². The first-order valence-corrected chi connectivity index (χ1v) is 8.78. The van der Waals surface area contributed by atoms with Gasteiger partial charge in [-0.25, -0.2) is 0 Å². The van der Waals surface area contributed by atoms with Crippen LogP contribution in [0, 0.1) is 0 Å². The van der Waals surface area contributed by atoms with Gasteiger partial charge in [-0.3, -0.25) is 19.2 Å². The number of anilines is 1. The van der Waals surface area contributed by atoms with Gasteiger partial charge in [0, 0.05) is 27.8 Å². The Balaban J connectivity index is 1.89. The van der Waals surface area contributed by atoms with E-state index >= 15 is 0 Å². The van der Waals surface area contributed by atoms with Crippen molar-refractivity contribution in [3.8, 4) is 0 Å². The number of halogens is 1. The lowest BCUT2D eigenvalue weighted by molar-refractivity contribution is 0.0974. The van der Waals surface area contributed by atoms with Crippen molar-refractivity contribution in [3.63, 3.8) is 0 Å². The summed E-state index contributed by atoms with van der Waals surface area (Å²) in [6, 6.07) is 17.6. The van der Waals surface area contributed by atoms with Crippen LogP contribution in [-0.2, 0) is 0 Å². The average molecular weight is 390 g/mol. The van der Waals surface area contributed by atoms with E-state index in [1.54, 1.807) is 42.5 Å². The van der Waals surface area contributed by atoms with Gasteiger partial charge in [-0.05, 0) is 35.9 Å². The van der Waals surface area contributed by atoms with Crippen LogP contribution in [0.25, 0.3) is 0 Å². The number of hydrogen-bond acceptors (Lipinski definition) is 4. The van der Waals surface area contributed by atoms with Crippen LogP contribution in [0.1, 0.15) is 52.6 Å². The highest BCUT2D eigenvalue weighted by Gasteiger charge is 2.35. The maximum Gasteiger partial charge on any atom is 0.255 e. The molecule has 28 heavy (non-hydrogen) atoms. The van der Waals surface area contributed by atoms with E-state index in [1.807, 2.05) is 0 Å². The maximum atomic E-state index is 13.1. The summed E-state index contributed by atoms with van der Waals surface area (Å²) >= 11 is 5.64. The van der Waals surface area contributed by atoms with Crippen molar-refractivity contribution < 1.29 is 19.2 Å². The minimum atomic E-state index is -0.849. The fourth-order valence-electron chi connectivity index (χ4n) is 3.27. The Kier molecular flexibility index (Phi) is 4.37. The SMILES string of the molecule is O=C(Nc1ccc(C(=O)Cl)c2c1C(=O)c1ccccc1C2=O)c1ccccc1. The molecular weight excluding hydrogens is 378 g/mol. The number of benzene rings is 3. The van der Waals surface area contributed by atoms with Gasteiger partial charge in [-0.1, -0.05) is 42.5 Å². The molecule has 0 atom stereocenters. The summed E-state index contributed by atoms with van der Waals surface area (Å²) in [6.45, 7) is 0. The molecule has 6 heteroatoms. The molecule has 0 aromatic heterocycles. The monoisotopic (exact) mass is 389 g/mol. The summed E-state index contributed by atoms with van der Waals surface area (Å²) in [5.74, 6) is -1.37. The number of carbonyl (C=O) groups excluding carboxylic acids is 4. The molecule has 3 aromatic carbocycles. The first-order chi connectivity index (χ1) is 13.5. The van der Waals surface area contributed by atoms with Gasteiger partial charge in [0.15, 0.2) is 11.6 Å². The number of fused-ring (bicyclic) bond motifs is 2. The molecular formula is C22H12ClNO4. The summed E-state index contributed by atoms with van der Waals surface area (Å²) < 4.78 is 0. The molecule has 136 valence electrons. The summed E-state index contributed by atoms with van der Waals surface area (Å²) in [5.41, 5.74) is 0.776. The van der Waals surface area contributed by atoms with E-state index in [0.29, 0.717) is 5.56 Å². The zero-order chi connectivity index (χ0) is 19.8. The molecule has 0 spiro atoms. The minimum Gasteiger partial charge on any atom is -0.321 e. The first kappa shape index (κ1) is 17.8. The zero-order valence-corrected chi connectivity index (χ0v) is 15.1. The predicted molar refractivity (Wildman–Crippen MR) is 104 cm³/mol. The molecule has 0 radical (unpaired) electrons. The Morgan fingerprint density at radius 2 is 1.29 bits per heavy atom. The van der Waals surface area contributed by atoms with Gasteiger partial charge in [0.05, 0.1) is 11.3 Å². The van der Waals surface area contributed by atoms with Gasteiger partial charge in [0.25, 0.3) is 11.1 Å². The highest BCUT2D eigenvalue weighted by Crippen LogP contribution is 2.35. The summed E-state index contributed by atoms with van der Waals surface area (Å²) in [6.07, 6.45) is 0. The number of rotatable bonds is 3. The normalized spacial score (nSPS) is 12.2. The van der Waals surface area contributed by atoms with Crippen molar-refractivity contribution in [2.24, 2.45) is 0 Å². The largest absolute Gasteiger partial charge is 0.321 e. The Hall–Kier alpha value is -3.57. The molecule has 5 nitrogen and oxygen atoms in total. The lowest BCUT2D eigenvalue weighted by Crippen LogP contribution is -2.26. The van der Waals surface area contributed by atoms with Crippen LogP contribution in [-0.4, -0.2) is 22.7 Å². The van der Waals surface area contributed by atoms with Gasteiger partial charge in [-0.2, -0.15) is 0 Å². The highest BCUT2D eigenvalue weighted by atomic mass is 35.5.